The maximum atomic E-state index is 13.0. The molecule has 1 aromatic carbocycles. The van der Waals surface area contributed by atoms with Gasteiger partial charge >= 0.3 is 5.69 Å². The van der Waals surface area contributed by atoms with Gasteiger partial charge in [-0.05, 0) is 30.2 Å². The highest BCUT2D eigenvalue weighted by atomic mass is 35.5. The standard InChI is InChI=1S/C19H20ClN5O2/c1-4-9-23-17(26)15-16(22(3)19(23)27)21-18-24(10-12(2)11-25(15)18)14-7-5-13(20)6-8-14/h4-8,12H,1,9-11H2,2-3H3/t12-/m1/s1. The highest BCUT2D eigenvalue weighted by Crippen LogP contribution is 2.33. The maximum absolute atomic E-state index is 13.0. The number of halogens is 1. The number of hydrogen-bond donors (Lipinski definition) is 0. The highest BCUT2D eigenvalue weighted by molar-refractivity contribution is 6.30. The summed E-state index contributed by atoms with van der Waals surface area (Å²) in [6.45, 7) is 7.36. The first-order chi connectivity index (χ1) is 12.9. The summed E-state index contributed by atoms with van der Waals surface area (Å²) in [5, 5.41) is 0.659. The average Bonchev–Trinajstić information content (AvgIpc) is 3.03. The van der Waals surface area contributed by atoms with Gasteiger partial charge in [-0.2, -0.15) is 4.98 Å². The topological polar surface area (TPSA) is 65.1 Å². The third kappa shape index (κ3) is 2.70. The lowest BCUT2D eigenvalue weighted by atomic mass is 10.1. The van der Waals surface area contributed by atoms with Crippen LogP contribution in [0.5, 0.6) is 0 Å². The number of allylic oxidation sites excluding steroid dienone is 1. The molecular weight excluding hydrogens is 366 g/mol. The number of imidazole rings is 1. The van der Waals surface area contributed by atoms with Crippen molar-refractivity contribution in [2.75, 3.05) is 11.4 Å². The number of anilines is 2. The van der Waals surface area contributed by atoms with Crippen LogP contribution in [0.15, 0.2) is 46.5 Å². The first-order valence-corrected chi connectivity index (χ1v) is 9.14. The minimum atomic E-state index is -0.395. The fourth-order valence-corrected chi connectivity index (χ4v) is 3.76. The number of nitrogens with zero attached hydrogens (tertiary/aromatic N) is 5. The second-order valence-corrected chi connectivity index (χ2v) is 7.37. The van der Waals surface area contributed by atoms with E-state index in [0.717, 1.165) is 12.2 Å². The normalized spacial score (nSPS) is 16.6. The smallest absolute Gasteiger partial charge is 0.312 e. The summed E-state index contributed by atoms with van der Waals surface area (Å²) in [6.07, 6.45) is 1.55. The summed E-state index contributed by atoms with van der Waals surface area (Å²) in [6, 6.07) is 7.52. The summed E-state index contributed by atoms with van der Waals surface area (Å²) < 4.78 is 4.53. The number of benzene rings is 1. The zero-order valence-corrected chi connectivity index (χ0v) is 16.0. The van der Waals surface area contributed by atoms with Gasteiger partial charge in [0.1, 0.15) is 0 Å². The van der Waals surface area contributed by atoms with Gasteiger partial charge in [0.15, 0.2) is 11.2 Å². The van der Waals surface area contributed by atoms with Gasteiger partial charge in [0.25, 0.3) is 5.56 Å². The van der Waals surface area contributed by atoms with Crippen LogP contribution in [-0.4, -0.2) is 25.2 Å². The molecule has 0 saturated heterocycles. The highest BCUT2D eigenvalue weighted by Gasteiger charge is 2.29. The van der Waals surface area contributed by atoms with Gasteiger partial charge in [-0.25, -0.2) is 4.79 Å². The lowest BCUT2D eigenvalue weighted by Gasteiger charge is -2.33. The molecule has 7 nitrogen and oxygen atoms in total. The largest absolute Gasteiger partial charge is 0.332 e. The lowest BCUT2D eigenvalue weighted by molar-refractivity contribution is 0.458. The molecule has 0 bridgehead atoms. The van der Waals surface area contributed by atoms with E-state index in [0.29, 0.717) is 34.6 Å². The Bertz CT molecular complexity index is 1160. The van der Waals surface area contributed by atoms with Crippen molar-refractivity contribution in [2.24, 2.45) is 13.0 Å². The summed E-state index contributed by atoms with van der Waals surface area (Å²) in [7, 11) is 1.64. The van der Waals surface area contributed by atoms with E-state index in [1.54, 1.807) is 13.1 Å². The zero-order valence-electron chi connectivity index (χ0n) is 15.2. The second kappa shape index (κ2) is 6.42. The Kier molecular flexibility index (Phi) is 4.19. The van der Waals surface area contributed by atoms with E-state index >= 15 is 0 Å². The molecule has 0 unspecified atom stereocenters. The summed E-state index contributed by atoms with van der Waals surface area (Å²) in [4.78, 5) is 32.3. The van der Waals surface area contributed by atoms with Crippen LogP contribution < -0.4 is 16.1 Å². The molecule has 4 rings (SSSR count). The van der Waals surface area contributed by atoms with Gasteiger partial charge in [0.05, 0.1) is 0 Å². The van der Waals surface area contributed by atoms with Crippen molar-refractivity contribution in [3.05, 3.63) is 62.8 Å². The SMILES string of the molecule is C=CCn1c(=O)c2c(nc3n2C[C@H](C)CN3c2ccc(Cl)cc2)n(C)c1=O. The van der Waals surface area contributed by atoms with Crippen molar-refractivity contribution in [3.8, 4) is 0 Å². The Balaban J connectivity index is 2.02. The van der Waals surface area contributed by atoms with Crippen LogP contribution in [0.1, 0.15) is 6.92 Å². The predicted molar refractivity (Wildman–Crippen MR) is 107 cm³/mol. The molecule has 27 heavy (non-hydrogen) atoms. The Labute approximate surface area is 160 Å². The van der Waals surface area contributed by atoms with E-state index in [1.807, 2.05) is 28.8 Å². The molecule has 8 heteroatoms. The Morgan fingerprint density at radius 1 is 1.26 bits per heavy atom. The molecule has 2 aromatic heterocycles. The fraction of sp³-hybridized carbons (Fsp3) is 0.316. The maximum Gasteiger partial charge on any atom is 0.332 e. The quantitative estimate of drug-likeness (QED) is 0.650. The van der Waals surface area contributed by atoms with Crippen molar-refractivity contribution < 1.29 is 0 Å². The minimum Gasteiger partial charge on any atom is -0.312 e. The van der Waals surface area contributed by atoms with Gasteiger partial charge in [-0.15, -0.1) is 6.58 Å². The zero-order chi connectivity index (χ0) is 19.3. The molecule has 0 fully saturated rings. The number of aromatic nitrogens is 4. The first-order valence-electron chi connectivity index (χ1n) is 8.76. The van der Waals surface area contributed by atoms with Crippen molar-refractivity contribution >= 4 is 34.4 Å². The molecular formula is C19H20ClN5O2. The first kappa shape index (κ1) is 17.6. The van der Waals surface area contributed by atoms with Crippen LogP contribution in [0.3, 0.4) is 0 Å². The molecule has 0 N–H and O–H groups in total. The van der Waals surface area contributed by atoms with Crippen LogP contribution >= 0.6 is 11.6 Å². The lowest BCUT2D eigenvalue weighted by Crippen LogP contribution is -2.40. The van der Waals surface area contributed by atoms with E-state index in [9.17, 15) is 9.59 Å². The second-order valence-electron chi connectivity index (χ2n) is 6.93. The predicted octanol–water partition coefficient (Wildman–Crippen LogP) is 2.52. The third-order valence-corrected chi connectivity index (χ3v) is 5.14. The number of hydrogen-bond acceptors (Lipinski definition) is 4. The molecule has 1 atom stereocenters. The summed E-state index contributed by atoms with van der Waals surface area (Å²) in [5.74, 6) is 0.962. The molecule has 0 saturated carbocycles. The fourth-order valence-electron chi connectivity index (χ4n) is 3.63. The molecule has 1 aliphatic rings. The van der Waals surface area contributed by atoms with Gasteiger partial charge in [0, 0.05) is 37.4 Å². The van der Waals surface area contributed by atoms with Gasteiger partial charge < -0.3 is 9.47 Å². The Morgan fingerprint density at radius 3 is 2.63 bits per heavy atom. The van der Waals surface area contributed by atoms with E-state index in [4.69, 9.17) is 11.6 Å². The van der Waals surface area contributed by atoms with E-state index in [1.165, 1.54) is 9.13 Å². The van der Waals surface area contributed by atoms with Crippen LogP contribution in [0.25, 0.3) is 11.2 Å². The third-order valence-electron chi connectivity index (χ3n) is 4.89. The van der Waals surface area contributed by atoms with Gasteiger partial charge in [0.2, 0.25) is 5.95 Å². The molecule has 0 radical (unpaired) electrons. The Hall–Kier alpha value is -2.80. The van der Waals surface area contributed by atoms with Crippen LogP contribution in [0.2, 0.25) is 5.02 Å². The average molecular weight is 386 g/mol. The number of aryl methyl sites for hydroxylation is 1. The van der Waals surface area contributed by atoms with Crippen LogP contribution in [-0.2, 0) is 20.1 Å². The Morgan fingerprint density at radius 2 is 1.96 bits per heavy atom. The van der Waals surface area contributed by atoms with E-state index < -0.39 is 5.69 Å². The number of fused-ring (bicyclic) bond motifs is 3. The molecule has 3 aromatic rings. The van der Waals surface area contributed by atoms with E-state index in [-0.39, 0.29) is 12.1 Å². The van der Waals surface area contributed by atoms with Crippen LogP contribution in [0, 0.1) is 5.92 Å². The number of rotatable bonds is 3. The molecule has 0 spiro atoms. The van der Waals surface area contributed by atoms with Gasteiger partial charge in [-0.3, -0.25) is 13.9 Å². The summed E-state index contributed by atoms with van der Waals surface area (Å²) >= 11 is 6.02. The monoisotopic (exact) mass is 385 g/mol. The van der Waals surface area contributed by atoms with E-state index in [2.05, 4.69) is 23.4 Å². The van der Waals surface area contributed by atoms with Crippen molar-refractivity contribution in [1.29, 1.82) is 0 Å². The van der Waals surface area contributed by atoms with Crippen molar-refractivity contribution in [2.45, 2.75) is 20.0 Å². The molecule has 1 aliphatic heterocycles. The molecule has 0 amide bonds. The summed E-state index contributed by atoms with van der Waals surface area (Å²) in [5.41, 5.74) is 1.05. The van der Waals surface area contributed by atoms with Gasteiger partial charge in [-0.1, -0.05) is 24.6 Å². The van der Waals surface area contributed by atoms with Crippen molar-refractivity contribution in [3.63, 3.8) is 0 Å². The minimum absolute atomic E-state index is 0.165. The molecule has 0 aliphatic carbocycles. The molecule has 3 heterocycles. The molecule has 140 valence electrons. The van der Waals surface area contributed by atoms with Crippen molar-refractivity contribution in [1.82, 2.24) is 18.7 Å². The van der Waals surface area contributed by atoms with Crippen LogP contribution in [0.4, 0.5) is 11.6 Å².